The molecule has 0 aliphatic carbocycles. The van der Waals surface area contributed by atoms with Gasteiger partial charge in [-0.25, -0.2) is 0 Å². The predicted octanol–water partition coefficient (Wildman–Crippen LogP) is 2.34. The van der Waals surface area contributed by atoms with Crippen LogP contribution < -0.4 is 5.32 Å². The van der Waals surface area contributed by atoms with E-state index in [-0.39, 0.29) is 5.92 Å². The highest BCUT2D eigenvalue weighted by atomic mass is 16.4. The van der Waals surface area contributed by atoms with Crippen molar-refractivity contribution >= 4 is 5.97 Å². The van der Waals surface area contributed by atoms with Gasteiger partial charge in [0.1, 0.15) is 0 Å². The maximum absolute atomic E-state index is 11.2. The first kappa shape index (κ1) is 12.1. The number of carboxylic acid groups (broad SMARTS) is 1. The Morgan fingerprint density at radius 3 is 3.00 bits per heavy atom. The van der Waals surface area contributed by atoms with Gasteiger partial charge in [-0.3, -0.25) is 4.79 Å². The number of hydrogen-bond acceptors (Lipinski definition) is 2. The van der Waals surface area contributed by atoms with E-state index >= 15 is 0 Å². The van der Waals surface area contributed by atoms with Gasteiger partial charge >= 0.3 is 5.97 Å². The third-order valence-corrected chi connectivity index (χ3v) is 3.55. The van der Waals surface area contributed by atoms with E-state index in [0.29, 0.717) is 12.3 Å². The van der Waals surface area contributed by atoms with E-state index in [1.54, 1.807) is 0 Å². The van der Waals surface area contributed by atoms with Crippen LogP contribution in [0.5, 0.6) is 0 Å². The van der Waals surface area contributed by atoms with Crippen LogP contribution >= 0.6 is 0 Å². The van der Waals surface area contributed by atoms with Gasteiger partial charge in [0, 0.05) is 6.54 Å². The van der Waals surface area contributed by atoms with Crippen LogP contribution in [0.1, 0.15) is 42.7 Å². The van der Waals surface area contributed by atoms with Gasteiger partial charge in [0.15, 0.2) is 0 Å². The first-order valence-electron chi connectivity index (χ1n) is 6.25. The van der Waals surface area contributed by atoms with Gasteiger partial charge in [0.2, 0.25) is 0 Å². The fraction of sp³-hybridized carbons (Fsp3) is 0.500. The summed E-state index contributed by atoms with van der Waals surface area (Å²) >= 11 is 0. The van der Waals surface area contributed by atoms with Crippen molar-refractivity contribution in [2.75, 3.05) is 13.1 Å². The molecule has 1 aromatic carbocycles. The first-order valence-corrected chi connectivity index (χ1v) is 6.25. The highest BCUT2D eigenvalue weighted by molar-refractivity contribution is 5.76. The highest BCUT2D eigenvalue weighted by Gasteiger charge is 2.20. The van der Waals surface area contributed by atoms with Crippen molar-refractivity contribution in [2.45, 2.75) is 31.6 Å². The lowest BCUT2D eigenvalue weighted by Crippen LogP contribution is -2.12. The Labute approximate surface area is 102 Å². The zero-order valence-corrected chi connectivity index (χ0v) is 10.1. The molecule has 3 heteroatoms. The largest absolute Gasteiger partial charge is 0.481 e. The molecule has 2 rings (SSSR count). The maximum Gasteiger partial charge on any atom is 0.310 e. The molecular weight excluding hydrogens is 214 g/mol. The Kier molecular flexibility index (Phi) is 3.79. The molecule has 2 N–H and O–H groups in total. The number of nitrogens with one attached hydrogen (secondary N) is 1. The SMILES string of the molecule is CCC(C(=O)O)c1cccc(C2CCNC2)c1. The minimum Gasteiger partial charge on any atom is -0.481 e. The summed E-state index contributed by atoms with van der Waals surface area (Å²) in [7, 11) is 0. The molecule has 2 unspecified atom stereocenters. The van der Waals surface area contributed by atoms with Gasteiger partial charge in [-0.05, 0) is 36.4 Å². The second-order valence-corrected chi connectivity index (χ2v) is 4.66. The van der Waals surface area contributed by atoms with Crippen molar-refractivity contribution in [3.63, 3.8) is 0 Å². The fourth-order valence-electron chi connectivity index (χ4n) is 2.52. The number of hydrogen-bond donors (Lipinski definition) is 2. The zero-order valence-electron chi connectivity index (χ0n) is 10.1. The molecule has 1 aliphatic rings. The van der Waals surface area contributed by atoms with Crippen LogP contribution in [-0.2, 0) is 4.79 Å². The zero-order chi connectivity index (χ0) is 12.3. The summed E-state index contributed by atoms with van der Waals surface area (Å²) in [4.78, 5) is 11.2. The summed E-state index contributed by atoms with van der Waals surface area (Å²) in [6.07, 6.45) is 1.79. The Morgan fingerprint density at radius 1 is 1.59 bits per heavy atom. The standard InChI is InChI=1S/C14H19NO2/c1-2-13(14(16)17)11-5-3-4-10(8-11)12-6-7-15-9-12/h3-5,8,12-13,15H,2,6-7,9H2,1H3,(H,16,17). The molecule has 1 fully saturated rings. The van der Waals surface area contributed by atoms with Crippen molar-refractivity contribution in [3.8, 4) is 0 Å². The molecule has 0 aromatic heterocycles. The number of aliphatic carboxylic acids is 1. The summed E-state index contributed by atoms with van der Waals surface area (Å²) in [5, 5.41) is 12.5. The molecule has 1 saturated heterocycles. The van der Waals surface area contributed by atoms with Crippen molar-refractivity contribution in [1.29, 1.82) is 0 Å². The summed E-state index contributed by atoms with van der Waals surface area (Å²) in [5.41, 5.74) is 2.21. The lowest BCUT2D eigenvalue weighted by atomic mass is 9.91. The molecule has 1 heterocycles. The Morgan fingerprint density at radius 2 is 2.41 bits per heavy atom. The van der Waals surface area contributed by atoms with Crippen LogP contribution in [0.15, 0.2) is 24.3 Å². The molecule has 1 aromatic rings. The average Bonchev–Trinajstić information content (AvgIpc) is 2.83. The van der Waals surface area contributed by atoms with Crippen molar-refractivity contribution < 1.29 is 9.90 Å². The van der Waals surface area contributed by atoms with Crippen molar-refractivity contribution in [1.82, 2.24) is 5.32 Å². The molecule has 92 valence electrons. The second kappa shape index (κ2) is 5.32. The van der Waals surface area contributed by atoms with Crippen LogP contribution in [0, 0.1) is 0 Å². The van der Waals surface area contributed by atoms with Crippen LogP contribution in [0.25, 0.3) is 0 Å². The van der Waals surface area contributed by atoms with E-state index in [4.69, 9.17) is 0 Å². The second-order valence-electron chi connectivity index (χ2n) is 4.66. The molecule has 0 saturated carbocycles. The predicted molar refractivity (Wildman–Crippen MR) is 67.3 cm³/mol. The number of rotatable bonds is 4. The monoisotopic (exact) mass is 233 g/mol. The van der Waals surface area contributed by atoms with Crippen LogP contribution in [0.3, 0.4) is 0 Å². The van der Waals surface area contributed by atoms with E-state index in [9.17, 15) is 9.90 Å². The molecule has 2 atom stereocenters. The van der Waals surface area contributed by atoms with Crippen LogP contribution in [-0.4, -0.2) is 24.2 Å². The van der Waals surface area contributed by atoms with Crippen LogP contribution in [0.2, 0.25) is 0 Å². The van der Waals surface area contributed by atoms with Gasteiger partial charge in [0.25, 0.3) is 0 Å². The number of benzene rings is 1. The fourth-order valence-corrected chi connectivity index (χ4v) is 2.52. The average molecular weight is 233 g/mol. The lowest BCUT2D eigenvalue weighted by molar-refractivity contribution is -0.138. The van der Waals surface area contributed by atoms with E-state index in [0.717, 1.165) is 25.1 Å². The highest BCUT2D eigenvalue weighted by Crippen LogP contribution is 2.27. The third-order valence-electron chi connectivity index (χ3n) is 3.55. The maximum atomic E-state index is 11.2. The molecule has 1 aliphatic heterocycles. The van der Waals surface area contributed by atoms with E-state index < -0.39 is 5.97 Å². The summed E-state index contributed by atoms with van der Waals surface area (Å²) in [5.74, 6) is -0.556. The minimum absolute atomic E-state index is 0.371. The number of carbonyl (C=O) groups is 1. The van der Waals surface area contributed by atoms with E-state index in [2.05, 4.69) is 17.4 Å². The topological polar surface area (TPSA) is 49.3 Å². The summed E-state index contributed by atoms with van der Waals surface area (Å²) < 4.78 is 0. The molecule has 17 heavy (non-hydrogen) atoms. The van der Waals surface area contributed by atoms with Gasteiger partial charge < -0.3 is 10.4 Å². The molecule has 0 bridgehead atoms. The molecule has 0 amide bonds. The smallest absolute Gasteiger partial charge is 0.310 e. The van der Waals surface area contributed by atoms with E-state index in [1.807, 2.05) is 19.1 Å². The normalized spacial score (nSPS) is 21.4. The third kappa shape index (κ3) is 2.67. The van der Waals surface area contributed by atoms with Crippen molar-refractivity contribution in [3.05, 3.63) is 35.4 Å². The molecule has 0 radical (unpaired) electrons. The Bertz CT molecular complexity index is 397. The van der Waals surface area contributed by atoms with Gasteiger partial charge in [-0.15, -0.1) is 0 Å². The molecule has 0 spiro atoms. The van der Waals surface area contributed by atoms with Gasteiger partial charge in [-0.2, -0.15) is 0 Å². The van der Waals surface area contributed by atoms with Crippen molar-refractivity contribution in [2.24, 2.45) is 0 Å². The quantitative estimate of drug-likeness (QED) is 0.839. The first-order chi connectivity index (χ1) is 8.22. The lowest BCUT2D eigenvalue weighted by Gasteiger charge is -2.14. The summed E-state index contributed by atoms with van der Waals surface area (Å²) in [6, 6.07) is 8.08. The van der Waals surface area contributed by atoms with Gasteiger partial charge in [0.05, 0.1) is 5.92 Å². The minimum atomic E-state index is -0.728. The molecule has 3 nitrogen and oxygen atoms in total. The molecular formula is C14H19NO2. The summed E-state index contributed by atoms with van der Waals surface area (Å²) in [6.45, 7) is 3.99. The Balaban J connectivity index is 2.23. The number of carboxylic acids is 1. The van der Waals surface area contributed by atoms with Crippen LogP contribution in [0.4, 0.5) is 0 Å². The Hall–Kier alpha value is -1.35. The van der Waals surface area contributed by atoms with E-state index in [1.165, 1.54) is 5.56 Å². The van der Waals surface area contributed by atoms with Gasteiger partial charge in [-0.1, -0.05) is 31.2 Å².